The van der Waals surface area contributed by atoms with Crippen molar-refractivity contribution in [1.29, 1.82) is 0 Å². The Kier molecular flexibility index (Phi) is 4.89. The second-order valence-electron chi connectivity index (χ2n) is 5.64. The zero-order chi connectivity index (χ0) is 14.6. The summed E-state index contributed by atoms with van der Waals surface area (Å²) in [5, 5.41) is 10.7. The molecule has 2 atom stereocenters. The van der Waals surface area contributed by atoms with Crippen molar-refractivity contribution in [2.75, 3.05) is 27.4 Å². The molecule has 1 aliphatic heterocycles. The maximum atomic E-state index is 10.7. The Morgan fingerprint density at radius 2 is 2.05 bits per heavy atom. The van der Waals surface area contributed by atoms with Gasteiger partial charge in [0.15, 0.2) is 11.5 Å². The van der Waals surface area contributed by atoms with Gasteiger partial charge >= 0.3 is 0 Å². The zero-order valence-corrected chi connectivity index (χ0v) is 12.5. The molecule has 1 aromatic carbocycles. The van der Waals surface area contributed by atoms with Crippen LogP contribution in [-0.2, 0) is 11.2 Å². The van der Waals surface area contributed by atoms with E-state index < -0.39 is 5.60 Å². The van der Waals surface area contributed by atoms with E-state index in [1.54, 1.807) is 14.2 Å². The number of rotatable bonds is 5. The van der Waals surface area contributed by atoms with Crippen LogP contribution in [0.15, 0.2) is 18.2 Å². The highest BCUT2D eigenvalue weighted by Crippen LogP contribution is 2.32. The van der Waals surface area contributed by atoms with Crippen molar-refractivity contribution >= 4 is 0 Å². The van der Waals surface area contributed by atoms with Gasteiger partial charge in [-0.05, 0) is 37.5 Å². The molecule has 20 heavy (non-hydrogen) atoms. The fourth-order valence-electron chi connectivity index (χ4n) is 2.78. The van der Waals surface area contributed by atoms with Crippen LogP contribution >= 0.6 is 0 Å². The molecule has 112 valence electrons. The molecule has 1 aliphatic rings. The third-order valence-electron chi connectivity index (χ3n) is 4.05. The van der Waals surface area contributed by atoms with Gasteiger partial charge in [-0.15, -0.1) is 0 Å². The van der Waals surface area contributed by atoms with Crippen LogP contribution in [0.2, 0.25) is 0 Å². The molecule has 0 aliphatic carbocycles. The van der Waals surface area contributed by atoms with Gasteiger partial charge in [-0.3, -0.25) is 0 Å². The summed E-state index contributed by atoms with van der Waals surface area (Å²) in [5.74, 6) is 1.59. The van der Waals surface area contributed by atoms with Crippen LogP contribution in [0.3, 0.4) is 0 Å². The number of hydrogen-bond donors (Lipinski definition) is 1. The van der Waals surface area contributed by atoms with E-state index in [0.29, 0.717) is 24.5 Å². The smallest absolute Gasteiger partial charge is 0.160 e. The number of aliphatic hydroxyl groups is 1. The van der Waals surface area contributed by atoms with Gasteiger partial charge in [0.1, 0.15) is 0 Å². The van der Waals surface area contributed by atoms with Gasteiger partial charge in [0, 0.05) is 18.9 Å². The SMILES string of the molecule is COc1ccc(CC(C)(O)C2CCCOC2)cc1OC. The van der Waals surface area contributed by atoms with Crippen molar-refractivity contribution in [3.8, 4) is 11.5 Å². The molecule has 0 amide bonds. The maximum absolute atomic E-state index is 10.7. The van der Waals surface area contributed by atoms with Gasteiger partial charge in [-0.25, -0.2) is 0 Å². The molecule has 1 saturated heterocycles. The minimum Gasteiger partial charge on any atom is -0.493 e. The van der Waals surface area contributed by atoms with Gasteiger partial charge in [-0.1, -0.05) is 6.07 Å². The van der Waals surface area contributed by atoms with Crippen molar-refractivity contribution in [3.05, 3.63) is 23.8 Å². The first-order chi connectivity index (χ1) is 9.56. The monoisotopic (exact) mass is 280 g/mol. The highest BCUT2D eigenvalue weighted by molar-refractivity contribution is 5.43. The van der Waals surface area contributed by atoms with Crippen molar-refractivity contribution < 1.29 is 19.3 Å². The molecular formula is C16H24O4. The molecule has 0 saturated carbocycles. The molecule has 0 aromatic heterocycles. The van der Waals surface area contributed by atoms with Crippen LogP contribution in [0.25, 0.3) is 0 Å². The van der Waals surface area contributed by atoms with E-state index >= 15 is 0 Å². The van der Waals surface area contributed by atoms with E-state index in [2.05, 4.69) is 0 Å². The summed E-state index contributed by atoms with van der Waals surface area (Å²) in [6.07, 6.45) is 2.62. The number of ether oxygens (including phenoxy) is 3. The standard InChI is InChI=1S/C16H24O4/c1-16(17,13-5-4-8-20-11-13)10-12-6-7-14(18-2)15(9-12)19-3/h6-7,9,13,17H,4-5,8,10-11H2,1-3H3. The Bertz CT molecular complexity index is 436. The second-order valence-corrected chi connectivity index (χ2v) is 5.64. The van der Waals surface area contributed by atoms with E-state index in [1.165, 1.54) is 0 Å². The van der Waals surface area contributed by atoms with Gasteiger partial charge in [0.05, 0.1) is 26.4 Å². The summed E-state index contributed by atoms with van der Waals surface area (Å²) in [7, 11) is 3.24. The molecule has 4 heteroatoms. The van der Waals surface area contributed by atoms with Gasteiger partial charge in [0.25, 0.3) is 0 Å². The number of methoxy groups -OCH3 is 2. The van der Waals surface area contributed by atoms with Gasteiger partial charge in [-0.2, -0.15) is 0 Å². The Morgan fingerprint density at radius 1 is 1.30 bits per heavy atom. The van der Waals surface area contributed by atoms with E-state index in [4.69, 9.17) is 14.2 Å². The Hall–Kier alpha value is -1.26. The highest BCUT2D eigenvalue weighted by Gasteiger charge is 2.33. The molecule has 0 bridgehead atoms. The minimum absolute atomic E-state index is 0.185. The zero-order valence-electron chi connectivity index (χ0n) is 12.5. The summed E-state index contributed by atoms with van der Waals surface area (Å²) in [6.45, 7) is 3.34. The molecule has 1 heterocycles. The third kappa shape index (κ3) is 3.44. The molecule has 1 N–H and O–H groups in total. The van der Waals surface area contributed by atoms with E-state index in [0.717, 1.165) is 25.0 Å². The maximum Gasteiger partial charge on any atom is 0.160 e. The van der Waals surface area contributed by atoms with Crippen molar-refractivity contribution in [2.45, 2.75) is 31.8 Å². The fraction of sp³-hybridized carbons (Fsp3) is 0.625. The molecular weight excluding hydrogens is 256 g/mol. The highest BCUT2D eigenvalue weighted by atomic mass is 16.5. The molecule has 1 aromatic rings. The van der Waals surface area contributed by atoms with Crippen LogP contribution in [0.4, 0.5) is 0 Å². The molecule has 1 fully saturated rings. The summed E-state index contributed by atoms with van der Waals surface area (Å²) >= 11 is 0. The summed E-state index contributed by atoms with van der Waals surface area (Å²) in [4.78, 5) is 0. The van der Waals surface area contributed by atoms with Gasteiger partial charge in [0.2, 0.25) is 0 Å². The van der Waals surface area contributed by atoms with Crippen LogP contribution < -0.4 is 9.47 Å². The van der Waals surface area contributed by atoms with E-state index in [1.807, 2.05) is 25.1 Å². The Labute approximate surface area is 120 Å². The average molecular weight is 280 g/mol. The summed E-state index contributed by atoms with van der Waals surface area (Å²) < 4.78 is 16.0. The first-order valence-corrected chi connectivity index (χ1v) is 7.08. The largest absolute Gasteiger partial charge is 0.493 e. The fourth-order valence-corrected chi connectivity index (χ4v) is 2.78. The lowest BCUT2D eigenvalue weighted by atomic mass is 9.80. The molecule has 4 nitrogen and oxygen atoms in total. The number of benzene rings is 1. The second kappa shape index (κ2) is 6.46. The lowest BCUT2D eigenvalue weighted by Crippen LogP contribution is -2.41. The van der Waals surface area contributed by atoms with Crippen LogP contribution in [0, 0.1) is 5.92 Å². The molecule has 2 rings (SSSR count). The van der Waals surface area contributed by atoms with Crippen LogP contribution in [0.1, 0.15) is 25.3 Å². The lowest BCUT2D eigenvalue weighted by molar-refractivity contribution is -0.0673. The normalized spacial score (nSPS) is 22.1. The molecule has 2 unspecified atom stereocenters. The van der Waals surface area contributed by atoms with Crippen molar-refractivity contribution in [1.82, 2.24) is 0 Å². The first-order valence-electron chi connectivity index (χ1n) is 7.08. The first kappa shape index (κ1) is 15.1. The third-order valence-corrected chi connectivity index (χ3v) is 4.05. The van der Waals surface area contributed by atoms with Crippen molar-refractivity contribution in [3.63, 3.8) is 0 Å². The van der Waals surface area contributed by atoms with Crippen LogP contribution in [0.5, 0.6) is 11.5 Å². The Balaban J connectivity index is 2.11. The summed E-state index contributed by atoms with van der Waals surface area (Å²) in [5.41, 5.74) is 0.276. The molecule has 0 radical (unpaired) electrons. The van der Waals surface area contributed by atoms with Gasteiger partial charge < -0.3 is 19.3 Å². The predicted octanol–water partition coefficient (Wildman–Crippen LogP) is 2.42. The predicted molar refractivity (Wildman–Crippen MR) is 77.4 cm³/mol. The quantitative estimate of drug-likeness (QED) is 0.900. The lowest BCUT2D eigenvalue weighted by Gasteiger charge is -2.35. The minimum atomic E-state index is -0.764. The number of hydrogen-bond acceptors (Lipinski definition) is 4. The topological polar surface area (TPSA) is 47.9 Å². The summed E-state index contributed by atoms with van der Waals surface area (Å²) in [6, 6.07) is 5.78. The van der Waals surface area contributed by atoms with E-state index in [-0.39, 0.29) is 5.92 Å². The Morgan fingerprint density at radius 3 is 2.65 bits per heavy atom. The average Bonchev–Trinajstić information content (AvgIpc) is 2.47. The van der Waals surface area contributed by atoms with Crippen molar-refractivity contribution in [2.24, 2.45) is 5.92 Å². The van der Waals surface area contributed by atoms with Crippen LogP contribution in [-0.4, -0.2) is 38.1 Å². The van der Waals surface area contributed by atoms with E-state index in [9.17, 15) is 5.11 Å². The molecule has 0 spiro atoms.